The highest BCUT2D eigenvalue weighted by molar-refractivity contribution is 5.94. The molecule has 0 bridgehead atoms. The second-order valence-corrected chi connectivity index (χ2v) is 6.35. The lowest BCUT2D eigenvalue weighted by molar-refractivity contribution is 0.0584. The van der Waals surface area contributed by atoms with Crippen molar-refractivity contribution in [2.24, 2.45) is 5.41 Å². The number of halogens is 1. The quantitative estimate of drug-likeness (QED) is 0.802. The molecule has 0 aliphatic heterocycles. The maximum atomic E-state index is 13.7. The van der Waals surface area contributed by atoms with Crippen LogP contribution in [-0.2, 0) is 0 Å². The molecule has 3 N–H and O–H groups in total. The number of aromatic nitrogens is 2. The summed E-state index contributed by atoms with van der Waals surface area (Å²) in [6.45, 7) is 5.55. The van der Waals surface area contributed by atoms with Crippen molar-refractivity contribution < 1.29 is 19.4 Å². The van der Waals surface area contributed by atoms with Crippen LogP contribution in [0.3, 0.4) is 0 Å². The van der Waals surface area contributed by atoms with Crippen molar-refractivity contribution >= 4 is 5.91 Å². The summed E-state index contributed by atoms with van der Waals surface area (Å²) >= 11 is 0. The Bertz CT molecular complexity index is 707. The van der Waals surface area contributed by atoms with Crippen LogP contribution in [0.5, 0.6) is 5.75 Å². The van der Waals surface area contributed by atoms with E-state index in [4.69, 9.17) is 0 Å². The molecule has 2 rings (SSSR count). The molecule has 1 heterocycles. The van der Waals surface area contributed by atoms with E-state index < -0.39 is 17.8 Å². The maximum Gasteiger partial charge on any atom is 0.275 e. The second kappa shape index (κ2) is 6.37. The third-order valence-corrected chi connectivity index (χ3v) is 3.46. The van der Waals surface area contributed by atoms with Crippen LogP contribution < -0.4 is 5.32 Å². The Morgan fingerprint density at radius 1 is 1.39 bits per heavy atom. The van der Waals surface area contributed by atoms with Crippen molar-refractivity contribution in [3.63, 3.8) is 0 Å². The lowest BCUT2D eigenvalue weighted by atomic mass is 9.89. The Morgan fingerprint density at radius 3 is 2.65 bits per heavy atom. The summed E-state index contributed by atoms with van der Waals surface area (Å²) in [6.07, 6.45) is 0.412. The number of aliphatic hydroxyl groups excluding tert-OH is 1. The fourth-order valence-electron chi connectivity index (χ4n) is 1.87. The van der Waals surface area contributed by atoms with Crippen LogP contribution in [0.2, 0.25) is 0 Å². The fourth-order valence-corrected chi connectivity index (χ4v) is 1.87. The highest BCUT2D eigenvalue weighted by Gasteiger charge is 2.24. The summed E-state index contributed by atoms with van der Waals surface area (Å²) in [5.41, 5.74) is -0.493. The number of carbonyl (C=O) groups excluding carboxylic acids is 1. The van der Waals surface area contributed by atoms with Crippen molar-refractivity contribution in [2.45, 2.75) is 26.9 Å². The van der Waals surface area contributed by atoms with E-state index in [0.29, 0.717) is 0 Å². The summed E-state index contributed by atoms with van der Waals surface area (Å²) < 4.78 is 14.8. The van der Waals surface area contributed by atoms with Crippen molar-refractivity contribution in [1.82, 2.24) is 15.1 Å². The van der Waals surface area contributed by atoms with Gasteiger partial charge >= 0.3 is 0 Å². The molecule has 1 amide bonds. The van der Waals surface area contributed by atoms with Gasteiger partial charge in [-0.05, 0) is 17.5 Å². The van der Waals surface area contributed by atoms with Gasteiger partial charge < -0.3 is 15.5 Å². The SMILES string of the molecule is CC(C)(C)C(O)CNC(=O)c1nn(-c2ccccc2F)cc1O. The molecule has 1 unspecified atom stereocenters. The van der Waals surface area contributed by atoms with E-state index in [1.807, 2.05) is 20.8 Å². The van der Waals surface area contributed by atoms with Crippen molar-refractivity contribution in [2.75, 3.05) is 6.54 Å². The van der Waals surface area contributed by atoms with Gasteiger partial charge in [-0.3, -0.25) is 4.79 Å². The highest BCUT2D eigenvalue weighted by Crippen LogP contribution is 2.21. The summed E-state index contributed by atoms with van der Waals surface area (Å²) in [7, 11) is 0. The topological polar surface area (TPSA) is 87.4 Å². The minimum Gasteiger partial charge on any atom is -0.504 e. The molecule has 0 aliphatic rings. The number of nitrogens with zero attached hydrogens (tertiary/aromatic N) is 2. The molecule has 124 valence electrons. The van der Waals surface area contributed by atoms with E-state index in [9.17, 15) is 19.4 Å². The largest absolute Gasteiger partial charge is 0.504 e. The van der Waals surface area contributed by atoms with Gasteiger partial charge in [0.25, 0.3) is 5.91 Å². The predicted octanol–water partition coefficient (Wildman–Crippen LogP) is 1.85. The second-order valence-electron chi connectivity index (χ2n) is 6.35. The maximum absolute atomic E-state index is 13.7. The summed E-state index contributed by atoms with van der Waals surface area (Å²) in [6, 6.07) is 5.89. The summed E-state index contributed by atoms with van der Waals surface area (Å²) in [4.78, 5) is 12.1. The van der Waals surface area contributed by atoms with E-state index in [2.05, 4.69) is 10.4 Å². The molecule has 0 spiro atoms. The molecule has 7 heteroatoms. The Balaban J connectivity index is 2.15. The number of benzene rings is 1. The first-order chi connectivity index (χ1) is 10.7. The number of aromatic hydroxyl groups is 1. The zero-order valence-corrected chi connectivity index (χ0v) is 13.2. The number of hydrogen-bond acceptors (Lipinski definition) is 4. The summed E-state index contributed by atoms with van der Waals surface area (Å²) in [5.74, 6) is -1.53. The number of amides is 1. The van der Waals surface area contributed by atoms with E-state index in [1.165, 1.54) is 18.2 Å². The van der Waals surface area contributed by atoms with Crippen molar-refractivity contribution in [3.05, 3.63) is 42.0 Å². The van der Waals surface area contributed by atoms with Gasteiger partial charge in [0.2, 0.25) is 0 Å². The first-order valence-electron chi connectivity index (χ1n) is 7.20. The molecule has 0 fully saturated rings. The Morgan fingerprint density at radius 2 is 2.04 bits per heavy atom. The van der Waals surface area contributed by atoms with Gasteiger partial charge in [-0.1, -0.05) is 32.9 Å². The molecular formula is C16H20FN3O3. The van der Waals surface area contributed by atoms with Crippen LogP contribution in [0.4, 0.5) is 4.39 Å². The van der Waals surface area contributed by atoms with E-state index >= 15 is 0 Å². The number of aliphatic hydroxyl groups is 1. The zero-order chi connectivity index (χ0) is 17.2. The Hall–Kier alpha value is -2.41. The van der Waals surface area contributed by atoms with E-state index in [-0.39, 0.29) is 29.1 Å². The molecule has 1 aromatic carbocycles. The fraction of sp³-hybridized carbons (Fsp3) is 0.375. The van der Waals surface area contributed by atoms with Gasteiger partial charge in [-0.15, -0.1) is 0 Å². The smallest absolute Gasteiger partial charge is 0.275 e. The summed E-state index contributed by atoms with van der Waals surface area (Å²) in [5, 5.41) is 26.2. The minimum absolute atomic E-state index is 0.0222. The van der Waals surface area contributed by atoms with Crippen LogP contribution in [0.25, 0.3) is 5.69 Å². The predicted molar refractivity (Wildman–Crippen MR) is 83.0 cm³/mol. The van der Waals surface area contributed by atoms with Gasteiger partial charge in [-0.2, -0.15) is 5.10 Å². The molecule has 0 saturated heterocycles. The van der Waals surface area contributed by atoms with E-state index in [1.54, 1.807) is 6.07 Å². The van der Waals surface area contributed by atoms with Gasteiger partial charge in [0.1, 0.15) is 11.5 Å². The standard InChI is InChI=1S/C16H20FN3O3/c1-16(2,3)13(22)8-18-15(23)14-12(21)9-20(19-14)11-7-5-4-6-10(11)17/h4-7,9,13,21-22H,8H2,1-3H3,(H,18,23). The molecule has 1 aromatic heterocycles. The van der Waals surface area contributed by atoms with Crippen LogP contribution >= 0.6 is 0 Å². The third-order valence-electron chi connectivity index (χ3n) is 3.46. The molecule has 2 aromatic rings. The third kappa shape index (κ3) is 3.87. The van der Waals surface area contributed by atoms with Gasteiger partial charge in [0, 0.05) is 6.54 Å². The normalized spacial score (nSPS) is 12.9. The molecule has 23 heavy (non-hydrogen) atoms. The number of hydrogen-bond donors (Lipinski definition) is 3. The Kier molecular flexibility index (Phi) is 4.70. The monoisotopic (exact) mass is 321 g/mol. The van der Waals surface area contributed by atoms with Gasteiger partial charge in [0.05, 0.1) is 12.3 Å². The van der Waals surface area contributed by atoms with Crippen molar-refractivity contribution in [1.29, 1.82) is 0 Å². The van der Waals surface area contributed by atoms with Crippen LogP contribution in [-0.4, -0.2) is 38.5 Å². The van der Waals surface area contributed by atoms with Crippen molar-refractivity contribution in [3.8, 4) is 11.4 Å². The first-order valence-corrected chi connectivity index (χ1v) is 7.20. The number of nitrogens with one attached hydrogen (secondary N) is 1. The molecule has 6 nitrogen and oxygen atoms in total. The first kappa shape index (κ1) is 17.0. The highest BCUT2D eigenvalue weighted by atomic mass is 19.1. The molecular weight excluding hydrogens is 301 g/mol. The van der Waals surface area contributed by atoms with Gasteiger partial charge in [0.15, 0.2) is 11.4 Å². The Labute approximate surface area is 133 Å². The number of para-hydroxylation sites is 1. The van der Waals surface area contributed by atoms with Gasteiger partial charge in [-0.25, -0.2) is 9.07 Å². The van der Waals surface area contributed by atoms with Crippen LogP contribution in [0.1, 0.15) is 31.3 Å². The lowest BCUT2D eigenvalue weighted by Gasteiger charge is -2.25. The van der Waals surface area contributed by atoms with E-state index in [0.717, 1.165) is 10.9 Å². The lowest BCUT2D eigenvalue weighted by Crippen LogP contribution is -2.39. The average molecular weight is 321 g/mol. The average Bonchev–Trinajstić information content (AvgIpc) is 2.85. The van der Waals surface area contributed by atoms with Crippen LogP contribution in [0, 0.1) is 11.2 Å². The number of rotatable bonds is 4. The molecule has 0 radical (unpaired) electrons. The minimum atomic E-state index is -0.748. The molecule has 0 saturated carbocycles. The molecule has 0 aliphatic carbocycles. The number of carbonyl (C=O) groups is 1. The molecule has 1 atom stereocenters. The van der Waals surface area contributed by atoms with Crippen LogP contribution in [0.15, 0.2) is 30.5 Å². The zero-order valence-electron chi connectivity index (χ0n) is 13.2.